The second kappa shape index (κ2) is 5.98. The van der Waals surface area contributed by atoms with Crippen LogP contribution >= 0.6 is 11.8 Å². The first-order chi connectivity index (χ1) is 8.24. The number of nitrogens with one attached hydrogen (secondary N) is 1. The van der Waals surface area contributed by atoms with Gasteiger partial charge in [-0.1, -0.05) is 13.8 Å². The second-order valence-electron chi connectivity index (χ2n) is 5.11. The minimum Gasteiger partial charge on any atom is -0.353 e. The molecule has 0 aromatic carbocycles. The summed E-state index contributed by atoms with van der Waals surface area (Å²) >= 11 is 2.11. The molecule has 0 spiro atoms. The van der Waals surface area contributed by atoms with Gasteiger partial charge in [0.05, 0.1) is 0 Å². The summed E-state index contributed by atoms with van der Waals surface area (Å²) in [5.41, 5.74) is 0. The molecule has 4 heteroatoms. The van der Waals surface area contributed by atoms with E-state index in [9.17, 15) is 0 Å². The van der Waals surface area contributed by atoms with Gasteiger partial charge in [0.25, 0.3) is 0 Å². The van der Waals surface area contributed by atoms with E-state index < -0.39 is 0 Å². The summed E-state index contributed by atoms with van der Waals surface area (Å²) in [4.78, 5) is 7.11. The highest BCUT2D eigenvalue weighted by molar-refractivity contribution is 8.00. The molecule has 3 unspecified atom stereocenters. The van der Waals surface area contributed by atoms with Gasteiger partial charge in [0, 0.05) is 36.7 Å². The SMILES string of the molecule is CCN=C(NC1CC1C)N1CCSC(CC)C1. The molecule has 0 radical (unpaired) electrons. The van der Waals surface area contributed by atoms with Crippen LogP contribution in [0, 0.1) is 5.92 Å². The minimum absolute atomic E-state index is 0.676. The van der Waals surface area contributed by atoms with E-state index in [1.165, 1.54) is 18.6 Å². The van der Waals surface area contributed by atoms with E-state index >= 15 is 0 Å². The van der Waals surface area contributed by atoms with Crippen molar-refractivity contribution in [2.24, 2.45) is 10.9 Å². The number of guanidine groups is 1. The average molecular weight is 255 g/mol. The third-order valence-corrected chi connectivity index (χ3v) is 5.00. The molecule has 3 atom stereocenters. The summed E-state index contributed by atoms with van der Waals surface area (Å²) in [5.74, 6) is 3.22. The summed E-state index contributed by atoms with van der Waals surface area (Å²) in [6.07, 6.45) is 2.57. The van der Waals surface area contributed by atoms with Crippen LogP contribution in [0.15, 0.2) is 4.99 Å². The van der Waals surface area contributed by atoms with Gasteiger partial charge in [-0.3, -0.25) is 4.99 Å². The lowest BCUT2D eigenvalue weighted by atomic mass is 10.3. The summed E-state index contributed by atoms with van der Waals surface area (Å²) in [6.45, 7) is 9.90. The van der Waals surface area contributed by atoms with Gasteiger partial charge in [-0.25, -0.2) is 0 Å². The van der Waals surface area contributed by atoms with Crippen LogP contribution in [-0.2, 0) is 0 Å². The van der Waals surface area contributed by atoms with E-state index in [0.717, 1.165) is 36.8 Å². The Morgan fingerprint density at radius 2 is 2.24 bits per heavy atom. The highest BCUT2D eigenvalue weighted by Gasteiger charge is 2.34. The molecular formula is C13H25N3S. The summed E-state index contributed by atoms with van der Waals surface area (Å²) in [6, 6.07) is 0.676. The Labute approximate surface area is 109 Å². The van der Waals surface area contributed by atoms with E-state index in [1.54, 1.807) is 0 Å². The van der Waals surface area contributed by atoms with Crippen molar-refractivity contribution in [1.29, 1.82) is 0 Å². The normalized spacial score (nSPS) is 33.7. The molecule has 1 saturated heterocycles. The van der Waals surface area contributed by atoms with Gasteiger partial charge in [-0.05, 0) is 25.7 Å². The molecule has 1 saturated carbocycles. The maximum atomic E-state index is 4.65. The zero-order valence-electron chi connectivity index (χ0n) is 11.3. The van der Waals surface area contributed by atoms with Crippen molar-refractivity contribution >= 4 is 17.7 Å². The fraction of sp³-hybridized carbons (Fsp3) is 0.923. The summed E-state index contributed by atoms with van der Waals surface area (Å²) < 4.78 is 0. The number of aliphatic imine (C=N–C) groups is 1. The highest BCUT2D eigenvalue weighted by Crippen LogP contribution is 2.29. The van der Waals surface area contributed by atoms with Crippen LogP contribution in [0.5, 0.6) is 0 Å². The Hall–Kier alpha value is -0.380. The van der Waals surface area contributed by atoms with Gasteiger partial charge in [0.15, 0.2) is 5.96 Å². The first kappa shape index (κ1) is 13.1. The van der Waals surface area contributed by atoms with Crippen LogP contribution in [0.4, 0.5) is 0 Å². The molecule has 0 bridgehead atoms. The van der Waals surface area contributed by atoms with Crippen molar-refractivity contribution in [2.45, 2.75) is 44.9 Å². The smallest absolute Gasteiger partial charge is 0.194 e. The Kier molecular flexibility index (Phi) is 4.60. The maximum Gasteiger partial charge on any atom is 0.194 e. The molecule has 0 amide bonds. The number of hydrogen-bond donors (Lipinski definition) is 1. The third-order valence-electron chi connectivity index (χ3n) is 3.63. The molecule has 17 heavy (non-hydrogen) atoms. The Morgan fingerprint density at radius 1 is 1.47 bits per heavy atom. The zero-order chi connectivity index (χ0) is 12.3. The lowest BCUT2D eigenvalue weighted by Crippen LogP contribution is -2.48. The number of thioether (sulfide) groups is 1. The van der Waals surface area contributed by atoms with Crippen molar-refractivity contribution in [3.63, 3.8) is 0 Å². The first-order valence-corrected chi connectivity index (χ1v) is 7.97. The van der Waals surface area contributed by atoms with E-state index in [2.05, 4.69) is 47.7 Å². The quantitative estimate of drug-likeness (QED) is 0.619. The fourth-order valence-corrected chi connectivity index (χ4v) is 3.41. The van der Waals surface area contributed by atoms with Gasteiger partial charge in [0.2, 0.25) is 0 Å². The van der Waals surface area contributed by atoms with Crippen molar-refractivity contribution in [3.8, 4) is 0 Å². The predicted octanol–water partition coefficient (Wildman–Crippen LogP) is 2.19. The molecule has 98 valence electrons. The molecule has 3 nitrogen and oxygen atoms in total. The van der Waals surface area contributed by atoms with Crippen LogP contribution in [0.1, 0.15) is 33.6 Å². The Morgan fingerprint density at radius 3 is 2.82 bits per heavy atom. The van der Waals surface area contributed by atoms with Crippen LogP contribution in [0.3, 0.4) is 0 Å². The van der Waals surface area contributed by atoms with Crippen LogP contribution in [-0.4, -0.2) is 47.5 Å². The van der Waals surface area contributed by atoms with Gasteiger partial charge in [0.1, 0.15) is 0 Å². The molecule has 2 fully saturated rings. The Balaban J connectivity index is 1.92. The van der Waals surface area contributed by atoms with Gasteiger partial charge < -0.3 is 10.2 Å². The van der Waals surface area contributed by atoms with Crippen LogP contribution < -0.4 is 5.32 Å². The number of hydrogen-bond acceptors (Lipinski definition) is 2. The lowest BCUT2D eigenvalue weighted by molar-refractivity contribution is 0.406. The van der Waals surface area contributed by atoms with Gasteiger partial charge in [-0.2, -0.15) is 11.8 Å². The van der Waals surface area contributed by atoms with Gasteiger partial charge in [-0.15, -0.1) is 0 Å². The van der Waals surface area contributed by atoms with E-state index in [-0.39, 0.29) is 0 Å². The summed E-state index contributed by atoms with van der Waals surface area (Å²) in [5, 5.41) is 4.40. The number of rotatable bonds is 3. The van der Waals surface area contributed by atoms with E-state index in [0.29, 0.717) is 6.04 Å². The van der Waals surface area contributed by atoms with Crippen molar-refractivity contribution in [2.75, 3.05) is 25.4 Å². The predicted molar refractivity (Wildman–Crippen MR) is 76.8 cm³/mol. The molecule has 2 aliphatic rings. The standard InChI is InChI=1S/C13H25N3S/c1-4-11-9-16(6-7-17-11)13(14-5-2)15-12-8-10(12)3/h10-12H,4-9H2,1-3H3,(H,14,15). The maximum absolute atomic E-state index is 4.65. The van der Waals surface area contributed by atoms with Crippen molar-refractivity contribution in [3.05, 3.63) is 0 Å². The van der Waals surface area contributed by atoms with Crippen LogP contribution in [0.25, 0.3) is 0 Å². The van der Waals surface area contributed by atoms with Crippen molar-refractivity contribution < 1.29 is 0 Å². The third kappa shape index (κ3) is 3.54. The molecule has 1 aliphatic carbocycles. The first-order valence-electron chi connectivity index (χ1n) is 6.92. The molecule has 0 aromatic rings. The fourth-order valence-electron chi connectivity index (χ4n) is 2.23. The molecule has 0 aromatic heterocycles. The van der Waals surface area contributed by atoms with E-state index in [4.69, 9.17) is 0 Å². The Bertz CT molecular complexity index is 280. The average Bonchev–Trinajstić information content (AvgIpc) is 3.04. The molecular weight excluding hydrogens is 230 g/mol. The second-order valence-corrected chi connectivity index (χ2v) is 6.52. The topological polar surface area (TPSA) is 27.6 Å². The molecule has 1 heterocycles. The summed E-state index contributed by atoms with van der Waals surface area (Å²) in [7, 11) is 0. The minimum atomic E-state index is 0.676. The molecule has 1 N–H and O–H groups in total. The molecule has 2 rings (SSSR count). The van der Waals surface area contributed by atoms with Gasteiger partial charge >= 0.3 is 0 Å². The van der Waals surface area contributed by atoms with Crippen molar-refractivity contribution in [1.82, 2.24) is 10.2 Å². The largest absolute Gasteiger partial charge is 0.353 e. The van der Waals surface area contributed by atoms with E-state index in [1.807, 2.05) is 0 Å². The van der Waals surface area contributed by atoms with Crippen LogP contribution in [0.2, 0.25) is 0 Å². The zero-order valence-corrected chi connectivity index (χ0v) is 12.1. The number of nitrogens with zero attached hydrogens (tertiary/aromatic N) is 2. The molecule has 1 aliphatic heterocycles. The monoisotopic (exact) mass is 255 g/mol. The lowest BCUT2D eigenvalue weighted by Gasteiger charge is -2.34. The highest BCUT2D eigenvalue weighted by atomic mass is 32.2.